The molecule has 3 rings (SSSR count). The van der Waals surface area contributed by atoms with Gasteiger partial charge in [0, 0.05) is 5.41 Å². The molecule has 0 aromatic heterocycles. The van der Waals surface area contributed by atoms with Crippen LogP contribution in [0.2, 0.25) is 0 Å². The van der Waals surface area contributed by atoms with Gasteiger partial charge in [-0.15, -0.1) is 0 Å². The van der Waals surface area contributed by atoms with Gasteiger partial charge in [0.1, 0.15) is 11.9 Å². The Morgan fingerprint density at radius 2 is 2.06 bits per heavy atom. The number of nitrogens with one attached hydrogen (secondary N) is 1. The zero-order chi connectivity index (χ0) is 12.9. The lowest BCUT2D eigenvalue weighted by atomic mass is 9.72. The van der Waals surface area contributed by atoms with Crippen LogP contribution in [0.4, 0.5) is 5.69 Å². The summed E-state index contributed by atoms with van der Waals surface area (Å²) in [6, 6.07) is 4.89. The van der Waals surface area contributed by atoms with Gasteiger partial charge in [-0.25, -0.2) is 0 Å². The van der Waals surface area contributed by atoms with Crippen LogP contribution in [0.5, 0.6) is 5.75 Å². The van der Waals surface area contributed by atoms with Crippen LogP contribution in [-0.2, 0) is 0 Å². The number of anilines is 1. The lowest BCUT2D eigenvalue weighted by molar-refractivity contribution is 0.0170. The van der Waals surface area contributed by atoms with E-state index in [4.69, 9.17) is 4.74 Å². The summed E-state index contributed by atoms with van der Waals surface area (Å²) in [4.78, 5) is 0. The van der Waals surface area contributed by atoms with E-state index >= 15 is 0 Å². The van der Waals surface area contributed by atoms with Crippen LogP contribution in [0.1, 0.15) is 44.2 Å². The van der Waals surface area contributed by atoms with Gasteiger partial charge < -0.3 is 10.1 Å². The van der Waals surface area contributed by atoms with Gasteiger partial charge in [-0.1, -0.05) is 26.3 Å². The van der Waals surface area contributed by atoms with E-state index in [0.717, 1.165) is 5.75 Å². The maximum atomic E-state index is 6.37. The zero-order valence-corrected chi connectivity index (χ0v) is 11.8. The number of hydrogen-bond donors (Lipinski definition) is 1. The van der Waals surface area contributed by atoms with Crippen LogP contribution in [-0.4, -0.2) is 12.1 Å². The van der Waals surface area contributed by atoms with Gasteiger partial charge >= 0.3 is 0 Å². The molecule has 0 spiro atoms. The average molecular weight is 245 g/mol. The molecule has 1 heterocycles. The topological polar surface area (TPSA) is 21.3 Å². The van der Waals surface area contributed by atoms with Crippen LogP contribution in [0, 0.1) is 19.3 Å². The molecule has 98 valence electrons. The molecular formula is C16H23NO. The van der Waals surface area contributed by atoms with Crippen molar-refractivity contribution in [3.63, 3.8) is 0 Å². The molecular weight excluding hydrogens is 222 g/mol. The molecule has 0 saturated heterocycles. The molecule has 2 heteroatoms. The second kappa shape index (κ2) is 3.91. The van der Waals surface area contributed by atoms with E-state index in [2.05, 4.69) is 45.1 Å². The summed E-state index contributed by atoms with van der Waals surface area (Å²) < 4.78 is 6.37. The highest BCUT2D eigenvalue weighted by Gasteiger charge is 2.43. The van der Waals surface area contributed by atoms with Crippen molar-refractivity contribution in [2.24, 2.45) is 5.41 Å². The first-order chi connectivity index (χ1) is 8.47. The lowest BCUT2D eigenvalue weighted by Crippen LogP contribution is -2.52. The predicted molar refractivity (Wildman–Crippen MR) is 75.4 cm³/mol. The first-order valence-electron chi connectivity index (χ1n) is 7.02. The average Bonchev–Trinajstić information content (AvgIpc) is 2.26. The third-order valence-electron chi connectivity index (χ3n) is 4.48. The van der Waals surface area contributed by atoms with Crippen LogP contribution in [0.25, 0.3) is 0 Å². The SMILES string of the molecule is Cc1cc(C)c2c(c1)NC1CCCC(C)(C)C1O2. The van der Waals surface area contributed by atoms with Crippen molar-refractivity contribution in [2.75, 3.05) is 5.32 Å². The van der Waals surface area contributed by atoms with E-state index in [0.29, 0.717) is 12.1 Å². The van der Waals surface area contributed by atoms with E-state index in [-0.39, 0.29) is 5.41 Å². The lowest BCUT2D eigenvalue weighted by Gasteiger charge is -2.47. The molecule has 1 aromatic rings. The highest BCUT2D eigenvalue weighted by molar-refractivity contribution is 5.64. The minimum atomic E-state index is 0.269. The van der Waals surface area contributed by atoms with E-state index in [1.807, 2.05) is 0 Å². The molecule has 1 aliphatic carbocycles. The highest BCUT2D eigenvalue weighted by atomic mass is 16.5. The van der Waals surface area contributed by atoms with Crippen molar-refractivity contribution < 1.29 is 4.74 Å². The standard InChI is InChI=1S/C16H23NO/c1-10-8-11(2)14-13(9-10)17-12-6-5-7-16(3,4)15(12)18-14/h8-9,12,15,17H,5-7H2,1-4H3. The fourth-order valence-electron chi connectivity index (χ4n) is 3.55. The molecule has 1 aliphatic heterocycles. The van der Waals surface area contributed by atoms with E-state index in [1.54, 1.807) is 0 Å². The molecule has 0 amide bonds. The van der Waals surface area contributed by atoms with Gasteiger partial charge in [0.2, 0.25) is 0 Å². The summed E-state index contributed by atoms with van der Waals surface area (Å²) >= 11 is 0. The van der Waals surface area contributed by atoms with Gasteiger partial charge in [0.25, 0.3) is 0 Å². The predicted octanol–water partition coefficient (Wildman–Crippen LogP) is 4.06. The first kappa shape index (κ1) is 11.9. The summed E-state index contributed by atoms with van der Waals surface area (Å²) in [5, 5.41) is 3.71. The molecule has 2 aliphatic rings. The molecule has 2 nitrogen and oxygen atoms in total. The Balaban J connectivity index is 2.01. The van der Waals surface area contributed by atoms with Gasteiger partial charge in [0.15, 0.2) is 0 Å². The fraction of sp³-hybridized carbons (Fsp3) is 0.625. The summed E-state index contributed by atoms with van der Waals surface area (Å²) in [5.41, 5.74) is 4.00. The van der Waals surface area contributed by atoms with Crippen LogP contribution in [0.15, 0.2) is 12.1 Å². The third kappa shape index (κ3) is 1.79. The van der Waals surface area contributed by atoms with Gasteiger partial charge in [-0.05, 0) is 43.9 Å². The summed E-state index contributed by atoms with van der Waals surface area (Å²) in [7, 11) is 0. The number of fused-ring (bicyclic) bond motifs is 2. The number of aryl methyl sites for hydroxylation is 2. The number of hydrogen-bond acceptors (Lipinski definition) is 2. The molecule has 1 fully saturated rings. The Labute approximate surface area is 110 Å². The summed E-state index contributed by atoms with van der Waals surface area (Å²) in [6.45, 7) is 8.95. The van der Waals surface area contributed by atoms with Crippen LogP contribution in [0.3, 0.4) is 0 Å². The fourth-order valence-corrected chi connectivity index (χ4v) is 3.55. The maximum absolute atomic E-state index is 6.37. The van der Waals surface area contributed by atoms with Crippen LogP contribution < -0.4 is 10.1 Å². The summed E-state index contributed by atoms with van der Waals surface area (Å²) in [6.07, 6.45) is 4.08. The number of ether oxygens (including phenoxy) is 1. The Kier molecular flexibility index (Phi) is 2.58. The molecule has 0 bridgehead atoms. The van der Waals surface area contributed by atoms with Crippen LogP contribution >= 0.6 is 0 Å². The van der Waals surface area contributed by atoms with E-state index in [9.17, 15) is 0 Å². The molecule has 0 radical (unpaired) electrons. The molecule has 1 saturated carbocycles. The largest absolute Gasteiger partial charge is 0.485 e. The van der Waals surface area contributed by atoms with E-state index in [1.165, 1.54) is 36.1 Å². The smallest absolute Gasteiger partial charge is 0.145 e. The Hall–Kier alpha value is -1.18. The van der Waals surface area contributed by atoms with Crippen molar-refractivity contribution in [2.45, 2.75) is 59.1 Å². The van der Waals surface area contributed by atoms with Gasteiger partial charge in [-0.2, -0.15) is 0 Å². The molecule has 1 N–H and O–H groups in total. The second-order valence-corrected chi connectivity index (χ2v) is 6.63. The van der Waals surface area contributed by atoms with Gasteiger partial charge in [0.05, 0.1) is 11.7 Å². The number of benzene rings is 1. The normalized spacial score (nSPS) is 28.7. The van der Waals surface area contributed by atoms with Crippen molar-refractivity contribution in [1.29, 1.82) is 0 Å². The van der Waals surface area contributed by atoms with Crippen molar-refractivity contribution in [1.82, 2.24) is 0 Å². The summed E-state index contributed by atoms with van der Waals surface area (Å²) in [5.74, 6) is 1.07. The second-order valence-electron chi connectivity index (χ2n) is 6.63. The molecule has 18 heavy (non-hydrogen) atoms. The molecule has 2 atom stereocenters. The third-order valence-corrected chi connectivity index (χ3v) is 4.48. The highest BCUT2D eigenvalue weighted by Crippen LogP contribution is 2.45. The Bertz CT molecular complexity index is 478. The minimum absolute atomic E-state index is 0.269. The quantitative estimate of drug-likeness (QED) is 0.744. The van der Waals surface area contributed by atoms with Gasteiger partial charge in [-0.3, -0.25) is 0 Å². The molecule has 1 aromatic carbocycles. The zero-order valence-electron chi connectivity index (χ0n) is 11.8. The van der Waals surface area contributed by atoms with Crippen molar-refractivity contribution in [3.8, 4) is 5.75 Å². The van der Waals surface area contributed by atoms with Crippen molar-refractivity contribution >= 4 is 5.69 Å². The maximum Gasteiger partial charge on any atom is 0.145 e. The van der Waals surface area contributed by atoms with Crippen molar-refractivity contribution in [3.05, 3.63) is 23.3 Å². The Morgan fingerprint density at radius 3 is 2.83 bits per heavy atom. The molecule has 2 unspecified atom stereocenters. The Morgan fingerprint density at radius 1 is 1.28 bits per heavy atom. The number of rotatable bonds is 0. The monoisotopic (exact) mass is 245 g/mol. The minimum Gasteiger partial charge on any atom is -0.485 e. The van der Waals surface area contributed by atoms with E-state index < -0.39 is 0 Å². The first-order valence-corrected chi connectivity index (χ1v) is 7.02.